The van der Waals surface area contributed by atoms with Crippen LogP contribution in [0.1, 0.15) is 37.1 Å². The fourth-order valence-electron chi connectivity index (χ4n) is 5.33. The molecule has 4 aromatic rings. The minimum Gasteiger partial charge on any atom is -0.493 e. The molecule has 1 aromatic carbocycles. The van der Waals surface area contributed by atoms with E-state index in [9.17, 15) is 9.90 Å². The van der Waals surface area contributed by atoms with Gasteiger partial charge in [-0.15, -0.1) is 0 Å². The van der Waals surface area contributed by atoms with Crippen LogP contribution in [0.2, 0.25) is 0 Å². The lowest BCUT2D eigenvalue weighted by Gasteiger charge is -2.26. The zero-order chi connectivity index (χ0) is 29.6. The Kier molecular flexibility index (Phi) is 8.69. The maximum Gasteiger partial charge on any atom is 0.243 e. The fraction of sp³-hybridized carbons (Fsp3) is 0.312. The minimum absolute atomic E-state index is 0.102. The van der Waals surface area contributed by atoms with E-state index in [4.69, 9.17) is 15.2 Å². The average molecular weight is 567 g/mol. The smallest absolute Gasteiger partial charge is 0.243 e. The first-order valence-corrected chi connectivity index (χ1v) is 13.9. The van der Waals surface area contributed by atoms with E-state index in [1.54, 1.807) is 13.2 Å². The molecule has 1 aliphatic carbocycles. The van der Waals surface area contributed by atoms with Crippen LogP contribution >= 0.6 is 0 Å². The number of amides is 1. The maximum absolute atomic E-state index is 11.7. The van der Waals surface area contributed by atoms with Gasteiger partial charge in [0.2, 0.25) is 11.8 Å². The minimum atomic E-state index is -0.150. The molecule has 1 amide bonds. The number of aliphatic hydroxyl groups excluding tert-OH is 1. The Balaban J connectivity index is 1.55. The number of aryl methyl sites for hydroxylation is 1. The van der Waals surface area contributed by atoms with Gasteiger partial charge in [-0.25, -0.2) is 15.0 Å². The molecule has 0 bridgehead atoms. The first-order chi connectivity index (χ1) is 20.4. The van der Waals surface area contributed by atoms with Gasteiger partial charge in [-0.2, -0.15) is 0 Å². The lowest BCUT2D eigenvalue weighted by Crippen LogP contribution is -2.36. The molecule has 42 heavy (non-hydrogen) atoms. The highest BCUT2D eigenvalue weighted by atomic mass is 16.5. The summed E-state index contributed by atoms with van der Waals surface area (Å²) in [6, 6.07) is 11.3. The lowest BCUT2D eigenvalue weighted by molar-refractivity contribution is -0.117. The van der Waals surface area contributed by atoms with Crippen LogP contribution < -0.4 is 20.5 Å². The third-order valence-electron chi connectivity index (χ3n) is 7.38. The summed E-state index contributed by atoms with van der Waals surface area (Å²) >= 11 is 0. The first kappa shape index (κ1) is 28.6. The van der Waals surface area contributed by atoms with Crippen LogP contribution in [0, 0.1) is 24.7 Å². The molecule has 0 aliphatic heterocycles. The molecule has 0 unspecified atom stereocenters. The van der Waals surface area contributed by atoms with Crippen LogP contribution in [0.3, 0.4) is 0 Å². The second kappa shape index (κ2) is 12.7. The number of nitrogens with zero attached hydrogens (tertiary/aromatic N) is 4. The Morgan fingerprint density at radius 2 is 2.02 bits per heavy atom. The summed E-state index contributed by atoms with van der Waals surface area (Å²) < 4.78 is 13.6. The summed E-state index contributed by atoms with van der Waals surface area (Å²) in [5, 5.41) is 13.6. The van der Waals surface area contributed by atoms with Crippen molar-refractivity contribution in [1.29, 1.82) is 0 Å². The van der Waals surface area contributed by atoms with Crippen LogP contribution in [0.5, 0.6) is 17.4 Å². The van der Waals surface area contributed by atoms with Gasteiger partial charge in [0.25, 0.3) is 0 Å². The molecular formula is C32H34N6O4. The SMILES string of the molecule is C=CC(=O)NC1CCC(C#Cc2c(-c3ccc(Oc4cccc(C)n4)c(OC)c3)c3c(N)ncnc3n2CCO)CC1. The van der Waals surface area contributed by atoms with Gasteiger partial charge in [-0.3, -0.25) is 4.79 Å². The summed E-state index contributed by atoms with van der Waals surface area (Å²) in [5.41, 5.74) is 10.1. The Hall–Kier alpha value is -4.88. The van der Waals surface area contributed by atoms with Crippen LogP contribution in [0.15, 0.2) is 55.4 Å². The van der Waals surface area contributed by atoms with Crippen molar-refractivity contribution in [3.8, 4) is 40.3 Å². The Bertz CT molecular complexity index is 1680. The Morgan fingerprint density at radius 3 is 2.74 bits per heavy atom. The number of nitrogens with one attached hydrogen (secondary N) is 1. The zero-order valence-corrected chi connectivity index (χ0v) is 23.8. The topological polar surface area (TPSA) is 137 Å². The van der Waals surface area contributed by atoms with Crippen molar-refractivity contribution in [2.45, 2.75) is 45.2 Å². The van der Waals surface area contributed by atoms with Crippen molar-refractivity contribution in [2.24, 2.45) is 5.92 Å². The number of carbonyl (C=O) groups is 1. The summed E-state index contributed by atoms with van der Waals surface area (Å²) in [4.78, 5) is 24.9. The quantitative estimate of drug-likeness (QED) is 0.211. The zero-order valence-electron chi connectivity index (χ0n) is 23.8. The number of nitrogen functional groups attached to an aromatic ring is 1. The van der Waals surface area contributed by atoms with Crippen molar-refractivity contribution in [3.05, 3.63) is 66.8 Å². The van der Waals surface area contributed by atoms with Gasteiger partial charge in [0.1, 0.15) is 23.5 Å². The number of pyridine rings is 1. The second-order valence-corrected chi connectivity index (χ2v) is 10.2. The summed E-state index contributed by atoms with van der Waals surface area (Å²) in [7, 11) is 1.58. The van der Waals surface area contributed by atoms with Crippen molar-refractivity contribution in [1.82, 2.24) is 24.8 Å². The summed E-state index contributed by atoms with van der Waals surface area (Å²) in [5.74, 6) is 8.67. The molecule has 3 heterocycles. The normalized spacial score (nSPS) is 16.4. The molecule has 1 fully saturated rings. The number of hydrogen-bond acceptors (Lipinski definition) is 8. The third kappa shape index (κ3) is 6.06. The van der Waals surface area contributed by atoms with E-state index in [0.29, 0.717) is 39.9 Å². The number of methoxy groups -OCH3 is 1. The van der Waals surface area contributed by atoms with Crippen LogP contribution in [0.25, 0.3) is 22.2 Å². The highest BCUT2D eigenvalue weighted by Crippen LogP contribution is 2.41. The Morgan fingerprint density at radius 1 is 1.21 bits per heavy atom. The van der Waals surface area contributed by atoms with E-state index in [0.717, 1.165) is 42.5 Å². The molecule has 0 radical (unpaired) electrons. The molecule has 10 heteroatoms. The molecule has 0 saturated heterocycles. The van der Waals surface area contributed by atoms with Crippen molar-refractivity contribution in [3.63, 3.8) is 0 Å². The monoisotopic (exact) mass is 566 g/mol. The number of ether oxygens (including phenoxy) is 2. The first-order valence-electron chi connectivity index (χ1n) is 13.9. The number of benzene rings is 1. The fourth-order valence-corrected chi connectivity index (χ4v) is 5.33. The predicted molar refractivity (Wildman–Crippen MR) is 161 cm³/mol. The van der Waals surface area contributed by atoms with Gasteiger partial charge in [0.05, 0.1) is 19.1 Å². The largest absolute Gasteiger partial charge is 0.493 e. The number of hydrogen-bond donors (Lipinski definition) is 3. The van der Waals surface area contributed by atoms with Gasteiger partial charge in [0, 0.05) is 35.8 Å². The third-order valence-corrected chi connectivity index (χ3v) is 7.38. The second-order valence-electron chi connectivity index (χ2n) is 10.2. The number of aliphatic hydroxyl groups is 1. The van der Waals surface area contributed by atoms with Gasteiger partial charge in [0.15, 0.2) is 11.5 Å². The predicted octanol–water partition coefficient (Wildman–Crippen LogP) is 4.39. The van der Waals surface area contributed by atoms with Crippen LogP contribution in [-0.4, -0.2) is 50.3 Å². The molecule has 0 spiro atoms. The highest BCUT2D eigenvalue weighted by molar-refractivity contribution is 6.03. The summed E-state index contributed by atoms with van der Waals surface area (Å²) in [6.45, 7) is 5.62. The van der Waals surface area contributed by atoms with Gasteiger partial charge in [-0.05, 0) is 68.4 Å². The molecule has 5 rings (SSSR count). The van der Waals surface area contributed by atoms with E-state index in [1.165, 1.54) is 12.4 Å². The number of rotatable bonds is 8. The van der Waals surface area contributed by atoms with Crippen LogP contribution in [0.4, 0.5) is 5.82 Å². The summed E-state index contributed by atoms with van der Waals surface area (Å²) in [6.07, 6.45) is 6.13. The molecule has 216 valence electrons. The molecule has 1 aliphatic rings. The van der Waals surface area contributed by atoms with E-state index in [-0.39, 0.29) is 31.0 Å². The maximum atomic E-state index is 11.7. The molecule has 10 nitrogen and oxygen atoms in total. The average Bonchev–Trinajstić information content (AvgIpc) is 3.31. The molecular weight excluding hydrogens is 532 g/mol. The van der Waals surface area contributed by atoms with E-state index in [1.807, 2.05) is 41.8 Å². The van der Waals surface area contributed by atoms with E-state index >= 15 is 0 Å². The number of carbonyl (C=O) groups excluding carboxylic acids is 1. The van der Waals surface area contributed by atoms with Gasteiger partial charge >= 0.3 is 0 Å². The molecule has 0 atom stereocenters. The Labute approximate surface area is 244 Å². The number of nitrogens with two attached hydrogens (primary N) is 1. The van der Waals surface area contributed by atoms with Crippen molar-refractivity contribution >= 4 is 22.8 Å². The number of aromatic nitrogens is 4. The standard InChI is InChI=1S/C32H34N6O4/c1-4-27(40)37-23-12-8-21(9-13-23)10-14-24-29(30-31(33)34-19-35-32(30)38(24)16-17-39)22-11-15-25(26(18-22)41-3)42-28-7-5-6-20(2)36-28/h4-7,11,15,18-19,21,23,39H,1,8-9,12-13,16-17H2,2-3H3,(H,37,40)(H2,33,34,35). The number of fused-ring (bicyclic) bond motifs is 1. The molecule has 3 aromatic heterocycles. The number of anilines is 1. The van der Waals surface area contributed by atoms with Crippen molar-refractivity contribution < 1.29 is 19.4 Å². The van der Waals surface area contributed by atoms with Crippen molar-refractivity contribution in [2.75, 3.05) is 19.5 Å². The van der Waals surface area contributed by atoms with E-state index in [2.05, 4.69) is 38.7 Å². The molecule has 4 N–H and O–H groups in total. The van der Waals surface area contributed by atoms with Crippen LogP contribution in [-0.2, 0) is 11.3 Å². The highest BCUT2D eigenvalue weighted by Gasteiger charge is 2.24. The van der Waals surface area contributed by atoms with Gasteiger partial charge in [-0.1, -0.05) is 24.6 Å². The molecule has 1 saturated carbocycles. The lowest BCUT2D eigenvalue weighted by atomic mass is 9.86. The van der Waals surface area contributed by atoms with E-state index < -0.39 is 0 Å². The van der Waals surface area contributed by atoms with Gasteiger partial charge < -0.3 is 30.2 Å².